The van der Waals surface area contributed by atoms with Gasteiger partial charge in [-0.3, -0.25) is 4.79 Å². The lowest BCUT2D eigenvalue weighted by molar-refractivity contribution is 0.0786. The molecule has 1 saturated heterocycles. The average molecular weight is 262 g/mol. The number of benzene rings is 1. The minimum atomic E-state index is 0.0891. The maximum Gasteiger partial charge on any atom is 0.253 e. The molecule has 0 aliphatic carbocycles. The van der Waals surface area contributed by atoms with Crippen molar-refractivity contribution in [2.75, 3.05) is 19.7 Å². The van der Waals surface area contributed by atoms with E-state index in [-0.39, 0.29) is 11.9 Å². The van der Waals surface area contributed by atoms with Crippen LogP contribution in [0.25, 0.3) is 0 Å². The summed E-state index contributed by atoms with van der Waals surface area (Å²) in [6, 6.07) is 7.49. The molecule has 2 unspecified atom stereocenters. The summed E-state index contributed by atoms with van der Waals surface area (Å²) in [5, 5.41) is 0. The summed E-state index contributed by atoms with van der Waals surface area (Å²) < 4.78 is 5.37. The molecule has 4 nitrogen and oxygen atoms in total. The van der Waals surface area contributed by atoms with Gasteiger partial charge in [0.05, 0.1) is 6.61 Å². The molecule has 1 aliphatic heterocycles. The summed E-state index contributed by atoms with van der Waals surface area (Å²) >= 11 is 0. The summed E-state index contributed by atoms with van der Waals surface area (Å²) in [6.07, 6.45) is 1.00. The van der Waals surface area contributed by atoms with Crippen LogP contribution < -0.4 is 10.5 Å². The highest BCUT2D eigenvalue weighted by Crippen LogP contribution is 2.21. The number of amides is 1. The smallest absolute Gasteiger partial charge is 0.253 e. The van der Waals surface area contributed by atoms with Crippen LogP contribution in [0.1, 0.15) is 30.6 Å². The normalized spacial score (nSPS) is 20.4. The highest BCUT2D eigenvalue weighted by molar-refractivity contribution is 5.94. The van der Waals surface area contributed by atoms with Gasteiger partial charge in [0.2, 0.25) is 0 Å². The van der Waals surface area contributed by atoms with E-state index in [1.165, 1.54) is 0 Å². The standard InChI is InChI=1S/C15H22N2O2/c1-3-19-14-6-4-12(5-7-14)15(18)17-9-8-13(10-17)11(2)16/h4-7,11,13H,3,8-10,16H2,1-2H3. The molecule has 104 valence electrons. The van der Waals surface area contributed by atoms with Crippen molar-refractivity contribution in [1.82, 2.24) is 4.90 Å². The number of nitrogens with zero attached hydrogens (tertiary/aromatic N) is 1. The number of likely N-dealkylation sites (tertiary alicyclic amines) is 1. The van der Waals surface area contributed by atoms with Gasteiger partial charge in [-0.2, -0.15) is 0 Å². The fourth-order valence-corrected chi connectivity index (χ4v) is 2.44. The van der Waals surface area contributed by atoms with Crippen LogP contribution in [0.4, 0.5) is 0 Å². The summed E-state index contributed by atoms with van der Waals surface area (Å²) in [6.45, 7) is 6.16. The molecule has 1 fully saturated rings. The van der Waals surface area contributed by atoms with Gasteiger partial charge in [-0.25, -0.2) is 0 Å². The van der Waals surface area contributed by atoms with E-state index in [9.17, 15) is 4.79 Å². The number of hydrogen-bond donors (Lipinski definition) is 1. The van der Waals surface area contributed by atoms with E-state index in [1.807, 2.05) is 43.0 Å². The molecule has 19 heavy (non-hydrogen) atoms. The lowest BCUT2D eigenvalue weighted by atomic mass is 10.0. The molecular weight excluding hydrogens is 240 g/mol. The highest BCUT2D eigenvalue weighted by atomic mass is 16.5. The van der Waals surface area contributed by atoms with E-state index in [0.29, 0.717) is 18.1 Å². The summed E-state index contributed by atoms with van der Waals surface area (Å²) in [4.78, 5) is 14.2. The van der Waals surface area contributed by atoms with Crippen LogP contribution in [0.3, 0.4) is 0 Å². The van der Waals surface area contributed by atoms with Crippen molar-refractivity contribution in [1.29, 1.82) is 0 Å². The molecule has 0 saturated carbocycles. The van der Waals surface area contributed by atoms with Crippen molar-refractivity contribution in [3.8, 4) is 5.75 Å². The molecule has 0 radical (unpaired) electrons. The van der Waals surface area contributed by atoms with Gasteiger partial charge in [0.15, 0.2) is 0 Å². The van der Waals surface area contributed by atoms with Crippen LogP contribution in [0.15, 0.2) is 24.3 Å². The topological polar surface area (TPSA) is 55.6 Å². The second-order valence-electron chi connectivity index (χ2n) is 5.12. The van der Waals surface area contributed by atoms with Gasteiger partial charge in [0, 0.05) is 24.7 Å². The van der Waals surface area contributed by atoms with E-state index in [1.54, 1.807) is 0 Å². The first-order valence-corrected chi connectivity index (χ1v) is 6.89. The Kier molecular flexibility index (Phi) is 4.43. The van der Waals surface area contributed by atoms with Crippen molar-refractivity contribution < 1.29 is 9.53 Å². The van der Waals surface area contributed by atoms with Gasteiger partial charge in [0.1, 0.15) is 5.75 Å². The van der Waals surface area contributed by atoms with Gasteiger partial charge >= 0.3 is 0 Å². The van der Waals surface area contributed by atoms with Crippen LogP contribution in [0.2, 0.25) is 0 Å². The molecule has 1 heterocycles. The van der Waals surface area contributed by atoms with Gasteiger partial charge in [-0.15, -0.1) is 0 Å². The van der Waals surface area contributed by atoms with Crippen LogP contribution in [-0.4, -0.2) is 36.5 Å². The number of rotatable bonds is 4. The second kappa shape index (κ2) is 6.06. The van der Waals surface area contributed by atoms with E-state index in [2.05, 4.69) is 0 Å². The zero-order chi connectivity index (χ0) is 13.8. The Hall–Kier alpha value is -1.55. The van der Waals surface area contributed by atoms with E-state index in [0.717, 1.165) is 25.3 Å². The first kappa shape index (κ1) is 13.9. The molecule has 2 rings (SSSR count). The van der Waals surface area contributed by atoms with Crippen LogP contribution >= 0.6 is 0 Å². The first-order valence-electron chi connectivity index (χ1n) is 6.89. The number of carbonyl (C=O) groups excluding carboxylic acids is 1. The Morgan fingerprint density at radius 3 is 2.68 bits per heavy atom. The third-order valence-corrected chi connectivity index (χ3v) is 3.67. The molecule has 0 spiro atoms. The maximum atomic E-state index is 12.3. The van der Waals surface area contributed by atoms with E-state index < -0.39 is 0 Å². The van der Waals surface area contributed by atoms with Crippen molar-refractivity contribution in [3.63, 3.8) is 0 Å². The van der Waals surface area contributed by atoms with Crippen molar-refractivity contribution in [3.05, 3.63) is 29.8 Å². The van der Waals surface area contributed by atoms with E-state index in [4.69, 9.17) is 10.5 Å². The minimum absolute atomic E-state index is 0.0891. The van der Waals surface area contributed by atoms with Crippen LogP contribution in [-0.2, 0) is 0 Å². The molecule has 0 aromatic heterocycles. The molecule has 2 atom stereocenters. The van der Waals surface area contributed by atoms with Gasteiger partial charge < -0.3 is 15.4 Å². The molecule has 1 aromatic carbocycles. The van der Waals surface area contributed by atoms with Crippen molar-refractivity contribution in [2.24, 2.45) is 11.7 Å². The first-order chi connectivity index (χ1) is 9.11. The second-order valence-corrected chi connectivity index (χ2v) is 5.12. The van der Waals surface area contributed by atoms with Gasteiger partial charge in [-0.1, -0.05) is 0 Å². The fourth-order valence-electron chi connectivity index (χ4n) is 2.44. The monoisotopic (exact) mass is 262 g/mol. The third kappa shape index (κ3) is 3.26. The van der Waals surface area contributed by atoms with Gasteiger partial charge in [-0.05, 0) is 50.5 Å². The zero-order valence-corrected chi connectivity index (χ0v) is 11.6. The molecule has 0 bridgehead atoms. The molecular formula is C15H22N2O2. The van der Waals surface area contributed by atoms with Crippen LogP contribution in [0.5, 0.6) is 5.75 Å². The maximum absolute atomic E-state index is 12.3. The number of carbonyl (C=O) groups is 1. The predicted octanol–water partition coefficient (Wildman–Crippen LogP) is 1.89. The molecule has 4 heteroatoms. The summed E-state index contributed by atoms with van der Waals surface area (Å²) in [7, 11) is 0. The summed E-state index contributed by atoms with van der Waals surface area (Å²) in [5.74, 6) is 1.31. The lowest BCUT2D eigenvalue weighted by Crippen LogP contribution is -2.32. The van der Waals surface area contributed by atoms with Crippen molar-refractivity contribution in [2.45, 2.75) is 26.3 Å². The molecule has 2 N–H and O–H groups in total. The Bertz CT molecular complexity index is 428. The number of hydrogen-bond acceptors (Lipinski definition) is 3. The number of nitrogens with two attached hydrogens (primary N) is 1. The highest BCUT2D eigenvalue weighted by Gasteiger charge is 2.28. The lowest BCUT2D eigenvalue weighted by Gasteiger charge is -2.18. The third-order valence-electron chi connectivity index (χ3n) is 3.67. The molecule has 1 amide bonds. The Morgan fingerprint density at radius 2 is 2.16 bits per heavy atom. The van der Waals surface area contributed by atoms with E-state index >= 15 is 0 Å². The molecule has 1 aliphatic rings. The van der Waals surface area contributed by atoms with Crippen molar-refractivity contribution >= 4 is 5.91 Å². The number of ether oxygens (including phenoxy) is 1. The Morgan fingerprint density at radius 1 is 1.47 bits per heavy atom. The van der Waals surface area contributed by atoms with Gasteiger partial charge in [0.25, 0.3) is 5.91 Å². The van der Waals surface area contributed by atoms with Crippen LogP contribution in [0, 0.1) is 5.92 Å². The minimum Gasteiger partial charge on any atom is -0.494 e. The largest absolute Gasteiger partial charge is 0.494 e. The Balaban J connectivity index is 2.00. The fraction of sp³-hybridized carbons (Fsp3) is 0.533. The average Bonchev–Trinajstić information content (AvgIpc) is 2.89. The summed E-state index contributed by atoms with van der Waals surface area (Å²) in [5.41, 5.74) is 6.61. The SMILES string of the molecule is CCOc1ccc(C(=O)N2CCC(C(C)N)C2)cc1. The Labute approximate surface area is 114 Å². The quantitative estimate of drug-likeness (QED) is 0.901. The zero-order valence-electron chi connectivity index (χ0n) is 11.6. The predicted molar refractivity (Wildman–Crippen MR) is 75.3 cm³/mol. The molecule has 1 aromatic rings.